The molecule has 0 bridgehead atoms. The van der Waals surface area contributed by atoms with Gasteiger partial charge < -0.3 is 10.4 Å². The number of carbonyl (C=O) groups is 1. The molecule has 0 atom stereocenters. The van der Waals surface area contributed by atoms with E-state index < -0.39 is 5.82 Å². The molecule has 0 heterocycles. The molecule has 100 valence electrons. The average molecular weight is 261 g/mol. The van der Waals surface area contributed by atoms with E-state index in [1.807, 2.05) is 0 Å². The molecule has 0 aliphatic heterocycles. The van der Waals surface area contributed by atoms with Gasteiger partial charge in [0.15, 0.2) is 0 Å². The number of halogens is 1. The first kappa shape index (κ1) is 13.6. The quantitative estimate of drug-likeness (QED) is 0.814. The Bertz CT molecular complexity index is 553. The third kappa shape index (κ3) is 3.55. The Morgan fingerprint density at radius 3 is 2.89 bits per heavy atom. The van der Waals surface area contributed by atoms with Crippen LogP contribution >= 0.6 is 0 Å². The summed E-state index contributed by atoms with van der Waals surface area (Å²) in [6.45, 7) is 2.40. The fourth-order valence-corrected chi connectivity index (χ4v) is 1.73. The summed E-state index contributed by atoms with van der Waals surface area (Å²) >= 11 is 0. The zero-order valence-electron chi connectivity index (χ0n) is 10.8. The van der Waals surface area contributed by atoms with Crippen LogP contribution in [0.4, 0.5) is 4.39 Å². The second-order valence-electron chi connectivity index (χ2n) is 5.14. The number of aliphatic hydroxyl groups is 1. The number of amides is 1. The predicted molar refractivity (Wildman–Crippen MR) is 70.0 cm³/mol. The monoisotopic (exact) mass is 261 g/mol. The van der Waals surface area contributed by atoms with Gasteiger partial charge in [-0.3, -0.25) is 4.79 Å². The van der Waals surface area contributed by atoms with Crippen molar-refractivity contribution in [2.24, 2.45) is 5.41 Å². The molecular formula is C15H16FNO2. The van der Waals surface area contributed by atoms with E-state index >= 15 is 0 Å². The number of hydrogen-bond acceptors (Lipinski definition) is 2. The first-order valence-electron chi connectivity index (χ1n) is 6.22. The average Bonchev–Trinajstić information content (AvgIpc) is 3.13. The maximum Gasteiger partial charge on any atom is 0.252 e. The molecule has 3 nitrogen and oxygen atoms in total. The van der Waals surface area contributed by atoms with E-state index in [-0.39, 0.29) is 23.5 Å². The Kier molecular flexibility index (Phi) is 3.87. The van der Waals surface area contributed by atoms with E-state index in [0.29, 0.717) is 12.1 Å². The van der Waals surface area contributed by atoms with Crippen molar-refractivity contribution in [3.05, 3.63) is 35.1 Å². The van der Waals surface area contributed by atoms with Crippen LogP contribution in [-0.4, -0.2) is 24.2 Å². The number of aliphatic hydroxyl groups excluding tert-OH is 1. The third-order valence-corrected chi connectivity index (χ3v) is 3.31. The second kappa shape index (κ2) is 5.41. The lowest BCUT2D eigenvalue weighted by molar-refractivity contribution is 0.0945. The van der Waals surface area contributed by atoms with Gasteiger partial charge in [-0.2, -0.15) is 0 Å². The fourth-order valence-electron chi connectivity index (χ4n) is 1.73. The van der Waals surface area contributed by atoms with Crippen LogP contribution in [0.5, 0.6) is 0 Å². The van der Waals surface area contributed by atoms with E-state index in [4.69, 9.17) is 5.11 Å². The van der Waals surface area contributed by atoms with Crippen LogP contribution in [0, 0.1) is 23.1 Å². The Morgan fingerprint density at radius 2 is 2.26 bits per heavy atom. The number of carbonyl (C=O) groups excluding carboxylic acids is 1. The molecule has 0 radical (unpaired) electrons. The van der Waals surface area contributed by atoms with Crippen molar-refractivity contribution in [2.45, 2.75) is 19.8 Å². The molecular weight excluding hydrogens is 245 g/mol. The smallest absolute Gasteiger partial charge is 0.252 e. The minimum atomic E-state index is -0.475. The summed E-state index contributed by atoms with van der Waals surface area (Å²) in [6, 6.07) is 3.87. The van der Waals surface area contributed by atoms with Crippen LogP contribution < -0.4 is 5.32 Å². The van der Waals surface area contributed by atoms with Crippen LogP contribution in [0.3, 0.4) is 0 Å². The van der Waals surface area contributed by atoms with Gasteiger partial charge in [-0.25, -0.2) is 4.39 Å². The van der Waals surface area contributed by atoms with Crippen LogP contribution in [0.15, 0.2) is 18.2 Å². The lowest BCUT2D eigenvalue weighted by atomic mass is 10.1. The molecule has 1 amide bonds. The molecule has 1 aromatic rings. The highest BCUT2D eigenvalue weighted by Gasteiger charge is 2.37. The molecule has 4 heteroatoms. The molecule has 0 saturated heterocycles. The van der Waals surface area contributed by atoms with Gasteiger partial charge in [-0.1, -0.05) is 18.8 Å². The zero-order chi connectivity index (χ0) is 13.9. The standard InChI is InChI=1S/C15H16FNO2/c1-15(6-7-15)10-17-14(19)13-9-12(16)5-4-11(13)3-2-8-18/h4-5,9,18H,6-8,10H2,1H3,(H,17,19). The molecule has 1 fully saturated rings. The Balaban J connectivity index is 2.16. The summed E-state index contributed by atoms with van der Waals surface area (Å²) in [5.41, 5.74) is 0.832. The van der Waals surface area contributed by atoms with Crippen LogP contribution in [0.25, 0.3) is 0 Å². The highest BCUT2D eigenvalue weighted by molar-refractivity contribution is 5.96. The number of rotatable bonds is 3. The molecule has 2 N–H and O–H groups in total. The van der Waals surface area contributed by atoms with E-state index in [0.717, 1.165) is 12.8 Å². The fraction of sp³-hybridized carbons (Fsp3) is 0.400. The van der Waals surface area contributed by atoms with E-state index in [2.05, 4.69) is 24.1 Å². The summed E-state index contributed by atoms with van der Waals surface area (Å²) in [6.07, 6.45) is 2.21. The lowest BCUT2D eigenvalue weighted by Crippen LogP contribution is -2.29. The van der Waals surface area contributed by atoms with Crippen molar-refractivity contribution in [3.8, 4) is 11.8 Å². The van der Waals surface area contributed by atoms with Crippen molar-refractivity contribution in [1.29, 1.82) is 0 Å². The van der Waals surface area contributed by atoms with Gasteiger partial charge in [0.1, 0.15) is 12.4 Å². The Labute approximate surface area is 111 Å². The molecule has 2 rings (SSSR count). The van der Waals surface area contributed by atoms with E-state index in [1.165, 1.54) is 18.2 Å². The SMILES string of the molecule is CC1(CNC(=O)c2cc(F)ccc2C#CCO)CC1. The topological polar surface area (TPSA) is 49.3 Å². The molecule has 19 heavy (non-hydrogen) atoms. The number of nitrogens with one attached hydrogen (secondary N) is 1. The summed E-state index contributed by atoms with van der Waals surface area (Å²) < 4.78 is 13.2. The van der Waals surface area contributed by atoms with Crippen molar-refractivity contribution < 1.29 is 14.3 Å². The highest BCUT2D eigenvalue weighted by atomic mass is 19.1. The largest absolute Gasteiger partial charge is 0.384 e. The number of benzene rings is 1. The molecule has 1 aliphatic carbocycles. The van der Waals surface area contributed by atoms with Crippen molar-refractivity contribution >= 4 is 5.91 Å². The summed E-state index contributed by atoms with van der Waals surface area (Å²) in [5, 5.41) is 11.5. The van der Waals surface area contributed by atoms with Crippen molar-refractivity contribution in [2.75, 3.05) is 13.2 Å². The van der Waals surface area contributed by atoms with Crippen LogP contribution in [-0.2, 0) is 0 Å². The minimum Gasteiger partial charge on any atom is -0.384 e. The van der Waals surface area contributed by atoms with Crippen molar-refractivity contribution in [3.63, 3.8) is 0 Å². The molecule has 0 spiro atoms. The molecule has 1 saturated carbocycles. The van der Waals surface area contributed by atoms with Crippen molar-refractivity contribution in [1.82, 2.24) is 5.32 Å². The van der Waals surface area contributed by atoms with Gasteiger partial charge in [0.25, 0.3) is 5.91 Å². The van der Waals surface area contributed by atoms with Gasteiger partial charge in [0.05, 0.1) is 5.56 Å². The summed E-state index contributed by atoms with van der Waals surface area (Å²) in [7, 11) is 0. The second-order valence-corrected chi connectivity index (χ2v) is 5.14. The molecule has 1 aliphatic rings. The summed E-state index contributed by atoms with van der Waals surface area (Å²) in [5.74, 6) is 4.32. The Morgan fingerprint density at radius 1 is 1.53 bits per heavy atom. The minimum absolute atomic E-state index is 0.194. The normalized spacial score (nSPS) is 15.3. The van der Waals surface area contributed by atoms with E-state index in [1.54, 1.807) is 0 Å². The lowest BCUT2D eigenvalue weighted by Gasteiger charge is -2.11. The molecule has 0 unspecified atom stereocenters. The first-order valence-corrected chi connectivity index (χ1v) is 6.22. The van der Waals surface area contributed by atoms with Gasteiger partial charge in [0, 0.05) is 12.1 Å². The molecule has 1 aromatic carbocycles. The van der Waals surface area contributed by atoms with Gasteiger partial charge >= 0.3 is 0 Å². The maximum absolute atomic E-state index is 13.2. The summed E-state index contributed by atoms with van der Waals surface area (Å²) in [4.78, 5) is 12.0. The maximum atomic E-state index is 13.2. The van der Waals surface area contributed by atoms with Gasteiger partial charge in [-0.15, -0.1) is 0 Å². The first-order chi connectivity index (χ1) is 9.04. The van der Waals surface area contributed by atoms with E-state index in [9.17, 15) is 9.18 Å². The van der Waals surface area contributed by atoms with Crippen LogP contribution in [0.1, 0.15) is 35.7 Å². The number of hydrogen-bond donors (Lipinski definition) is 2. The zero-order valence-corrected chi connectivity index (χ0v) is 10.8. The van der Waals surface area contributed by atoms with Crippen LogP contribution in [0.2, 0.25) is 0 Å². The van der Waals surface area contributed by atoms with Gasteiger partial charge in [0.2, 0.25) is 0 Å². The third-order valence-electron chi connectivity index (χ3n) is 3.31. The molecule has 0 aromatic heterocycles. The van der Waals surface area contributed by atoms with Gasteiger partial charge in [-0.05, 0) is 36.5 Å². The highest BCUT2D eigenvalue weighted by Crippen LogP contribution is 2.44. The Hall–Kier alpha value is -1.86. The predicted octanol–water partition coefficient (Wildman–Crippen LogP) is 1.70.